The summed E-state index contributed by atoms with van der Waals surface area (Å²) in [5.41, 5.74) is 3.91. The minimum absolute atomic E-state index is 0.269. The summed E-state index contributed by atoms with van der Waals surface area (Å²) in [5, 5.41) is 20.6. The van der Waals surface area contributed by atoms with Gasteiger partial charge in [-0.25, -0.2) is 0 Å². The molecule has 104 valence electrons. The molecule has 2 nitrogen and oxygen atoms in total. The van der Waals surface area contributed by atoms with Crippen LogP contribution in [0.2, 0.25) is 0 Å². The van der Waals surface area contributed by atoms with Crippen molar-refractivity contribution in [1.82, 2.24) is 0 Å². The van der Waals surface area contributed by atoms with Gasteiger partial charge in [0.15, 0.2) is 0 Å². The third-order valence-corrected chi connectivity index (χ3v) is 4.15. The summed E-state index contributed by atoms with van der Waals surface area (Å²) in [5.74, 6) is 0.539. The van der Waals surface area contributed by atoms with Crippen LogP contribution in [0.4, 0.5) is 0 Å². The first kappa shape index (κ1) is 13.0. The molecule has 0 aliphatic heterocycles. The molecule has 0 fully saturated rings. The molecule has 1 aliphatic carbocycles. The minimum Gasteiger partial charge on any atom is -0.507 e. The van der Waals surface area contributed by atoms with Gasteiger partial charge in [-0.1, -0.05) is 37.1 Å². The Bertz CT molecular complexity index is 561. The highest BCUT2D eigenvalue weighted by molar-refractivity contribution is 5.81. The van der Waals surface area contributed by atoms with Gasteiger partial charge < -0.3 is 10.2 Å². The number of benzene rings is 2. The van der Waals surface area contributed by atoms with Crippen molar-refractivity contribution >= 4 is 0 Å². The van der Waals surface area contributed by atoms with Crippen LogP contribution in [-0.2, 0) is 12.8 Å². The van der Waals surface area contributed by atoms with E-state index in [1.165, 1.54) is 12.8 Å². The summed E-state index contributed by atoms with van der Waals surface area (Å²) in [6.07, 6.45) is 6.64. The molecule has 0 aromatic heterocycles. The van der Waals surface area contributed by atoms with Crippen LogP contribution in [0.1, 0.15) is 36.8 Å². The largest absolute Gasteiger partial charge is 0.507 e. The maximum atomic E-state index is 10.3. The molecular weight excluding hydrogens is 248 g/mol. The van der Waals surface area contributed by atoms with Crippen LogP contribution in [0.15, 0.2) is 36.4 Å². The van der Waals surface area contributed by atoms with E-state index in [9.17, 15) is 10.2 Å². The van der Waals surface area contributed by atoms with Crippen molar-refractivity contribution in [3.63, 3.8) is 0 Å². The number of aryl methyl sites for hydroxylation is 2. The van der Waals surface area contributed by atoms with E-state index in [0.717, 1.165) is 47.9 Å². The van der Waals surface area contributed by atoms with Crippen molar-refractivity contribution in [3.05, 3.63) is 47.5 Å². The first-order valence-corrected chi connectivity index (χ1v) is 7.39. The van der Waals surface area contributed by atoms with Crippen LogP contribution in [0, 0.1) is 0 Å². The van der Waals surface area contributed by atoms with Gasteiger partial charge in [0.1, 0.15) is 11.5 Å². The van der Waals surface area contributed by atoms with Gasteiger partial charge in [-0.15, -0.1) is 0 Å². The van der Waals surface area contributed by atoms with Crippen molar-refractivity contribution in [3.8, 4) is 22.6 Å². The summed E-state index contributed by atoms with van der Waals surface area (Å²) in [6, 6.07) is 11.3. The molecule has 0 spiro atoms. The highest BCUT2D eigenvalue weighted by Crippen LogP contribution is 2.41. The quantitative estimate of drug-likeness (QED) is 0.742. The van der Waals surface area contributed by atoms with Crippen molar-refractivity contribution in [2.45, 2.75) is 38.5 Å². The maximum absolute atomic E-state index is 10.3. The van der Waals surface area contributed by atoms with E-state index in [-0.39, 0.29) is 11.5 Å². The molecule has 2 aromatic carbocycles. The highest BCUT2D eigenvalue weighted by Gasteiger charge is 2.18. The van der Waals surface area contributed by atoms with Crippen molar-refractivity contribution in [2.24, 2.45) is 0 Å². The number of fused-ring (bicyclic) bond motifs is 3. The van der Waals surface area contributed by atoms with Gasteiger partial charge in [0.05, 0.1) is 0 Å². The first-order valence-electron chi connectivity index (χ1n) is 7.39. The van der Waals surface area contributed by atoms with E-state index in [2.05, 4.69) is 12.1 Å². The molecule has 0 bridgehead atoms. The summed E-state index contributed by atoms with van der Waals surface area (Å²) >= 11 is 0. The summed E-state index contributed by atoms with van der Waals surface area (Å²) in [4.78, 5) is 0. The topological polar surface area (TPSA) is 40.5 Å². The average molecular weight is 268 g/mol. The third kappa shape index (κ3) is 2.38. The Kier molecular flexibility index (Phi) is 3.64. The van der Waals surface area contributed by atoms with E-state index in [1.807, 2.05) is 12.1 Å². The van der Waals surface area contributed by atoms with E-state index in [4.69, 9.17) is 0 Å². The summed E-state index contributed by atoms with van der Waals surface area (Å²) < 4.78 is 0. The van der Waals surface area contributed by atoms with E-state index in [1.54, 1.807) is 12.1 Å². The Morgan fingerprint density at radius 2 is 1.05 bits per heavy atom. The van der Waals surface area contributed by atoms with Crippen molar-refractivity contribution < 1.29 is 10.2 Å². The molecule has 0 unspecified atom stereocenters. The molecule has 0 radical (unpaired) electrons. The number of phenols is 2. The van der Waals surface area contributed by atoms with Crippen LogP contribution in [0.5, 0.6) is 11.5 Å². The zero-order valence-electron chi connectivity index (χ0n) is 11.6. The third-order valence-electron chi connectivity index (χ3n) is 4.15. The number of aromatic hydroxyl groups is 2. The zero-order valence-corrected chi connectivity index (χ0v) is 11.6. The predicted molar refractivity (Wildman–Crippen MR) is 81.1 cm³/mol. The van der Waals surface area contributed by atoms with Crippen molar-refractivity contribution in [2.75, 3.05) is 0 Å². The van der Waals surface area contributed by atoms with Gasteiger partial charge in [0.25, 0.3) is 0 Å². The van der Waals surface area contributed by atoms with Crippen LogP contribution in [0.3, 0.4) is 0 Å². The summed E-state index contributed by atoms with van der Waals surface area (Å²) in [7, 11) is 0. The lowest BCUT2D eigenvalue weighted by molar-refractivity contribution is 0.467. The monoisotopic (exact) mass is 268 g/mol. The number of hydrogen-bond donors (Lipinski definition) is 2. The maximum Gasteiger partial charge on any atom is 0.123 e. The van der Waals surface area contributed by atoms with Gasteiger partial charge in [-0.3, -0.25) is 0 Å². The fourth-order valence-corrected chi connectivity index (χ4v) is 3.15. The standard InChI is InChI=1S/C18H20O2/c19-15-11-5-9-13-7-3-1-2-4-8-14-10-6-12-16(20)18(14)17(13)15/h5-6,9-12,19-20H,1-4,7-8H2. The lowest BCUT2D eigenvalue weighted by Crippen LogP contribution is -1.99. The molecule has 2 N–H and O–H groups in total. The van der Waals surface area contributed by atoms with Gasteiger partial charge in [0.2, 0.25) is 0 Å². The minimum atomic E-state index is 0.269. The second-order valence-electron chi connectivity index (χ2n) is 5.54. The lowest BCUT2D eigenvalue weighted by atomic mass is 9.88. The molecule has 0 atom stereocenters. The molecule has 0 amide bonds. The highest BCUT2D eigenvalue weighted by atomic mass is 16.3. The van der Waals surface area contributed by atoms with Crippen LogP contribution < -0.4 is 0 Å². The van der Waals surface area contributed by atoms with Crippen LogP contribution >= 0.6 is 0 Å². The van der Waals surface area contributed by atoms with Gasteiger partial charge in [0, 0.05) is 11.1 Å². The number of phenolic OH excluding ortho intramolecular Hbond substituents is 2. The first-order chi connectivity index (χ1) is 9.77. The Morgan fingerprint density at radius 3 is 1.50 bits per heavy atom. The Hall–Kier alpha value is -1.96. The van der Waals surface area contributed by atoms with E-state index < -0.39 is 0 Å². The summed E-state index contributed by atoms with van der Waals surface area (Å²) in [6.45, 7) is 0. The van der Waals surface area contributed by atoms with Crippen LogP contribution in [-0.4, -0.2) is 10.2 Å². The fraction of sp³-hybridized carbons (Fsp3) is 0.333. The lowest BCUT2D eigenvalue weighted by Gasteiger charge is -2.18. The number of hydrogen-bond acceptors (Lipinski definition) is 2. The molecule has 2 heteroatoms. The van der Waals surface area contributed by atoms with E-state index >= 15 is 0 Å². The Morgan fingerprint density at radius 1 is 0.600 bits per heavy atom. The second kappa shape index (κ2) is 5.58. The molecule has 20 heavy (non-hydrogen) atoms. The molecule has 0 heterocycles. The predicted octanol–water partition coefficient (Wildman–Crippen LogP) is 4.42. The molecular formula is C18H20O2. The second-order valence-corrected chi connectivity index (χ2v) is 5.54. The SMILES string of the molecule is Oc1cccc2c1-c1c(O)cccc1CCCCCC2. The van der Waals surface area contributed by atoms with Crippen LogP contribution in [0.25, 0.3) is 11.1 Å². The van der Waals surface area contributed by atoms with Gasteiger partial charge in [-0.2, -0.15) is 0 Å². The van der Waals surface area contributed by atoms with Gasteiger partial charge in [-0.05, 0) is 48.9 Å². The zero-order chi connectivity index (χ0) is 13.9. The van der Waals surface area contributed by atoms with Crippen molar-refractivity contribution in [1.29, 1.82) is 0 Å². The fourth-order valence-electron chi connectivity index (χ4n) is 3.15. The van der Waals surface area contributed by atoms with E-state index in [0.29, 0.717) is 0 Å². The molecule has 2 aromatic rings. The normalized spacial score (nSPS) is 15.2. The molecule has 0 saturated carbocycles. The number of rotatable bonds is 0. The smallest absolute Gasteiger partial charge is 0.123 e. The molecule has 3 rings (SSSR count). The molecule has 0 saturated heterocycles. The van der Waals surface area contributed by atoms with Gasteiger partial charge >= 0.3 is 0 Å². The average Bonchev–Trinajstić information content (AvgIpc) is 2.44. The Balaban J connectivity index is 2.24. The molecule has 1 aliphatic rings. The Labute approximate surface area is 119 Å².